The third kappa shape index (κ3) is 16.9. The van der Waals surface area contributed by atoms with Crippen molar-refractivity contribution < 1.29 is 44.0 Å². The summed E-state index contributed by atoms with van der Waals surface area (Å²) in [5, 5.41) is 28.1. The molecule has 0 bridgehead atoms. The lowest BCUT2D eigenvalue weighted by Crippen LogP contribution is -2.49. The normalized spacial score (nSPS) is 17.2. The molecule has 0 spiro atoms. The Morgan fingerprint density at radius 3 is 1.48 bits per heavy atom. The number of carboxylic acids is 3. The van der Waals surface area contributed by atoms with Gasteiger partial charge in [-0.1, -0.05) is 38.1 Å². The first-order chi connectivity index (χ1) is 21.8. The predicted molar refractivity (Wildman–Crippen MR) is 171 cm³/mol. The summed E-state index contributed by atoms with van der Waals surface area (Å²) in [6, 6.07) is 7.14. The topological polar surface area (TPSA) is 194 Å². The third-order valence-corrected chi connectivity index (χ3v) is 7.77. The Morgan fingerprint density at radius 2 is 1.09 bits per heavy atom. The average Bonchev–Trinajstić information content (AvgIpc) is 2.96. The van der Waals surface area contributed by atoms with Crippen LogP contribution in [0.25, 0.3) is 0 Å². The maximum Gasteiger partial charge on any atom is 0.317 e. The van der Waals surface area contributed by atoms with Crippen molar-refractivity contribution in [3.63, 3.8) is 0 Å². The van der Waals surface area contributed by atoms with Gasteiger partial charge in [-0.15, -0.1) is 0 Å². The average molecular weight is 650 g/mol. The number of ether oxygens (including phenoxy) is 1. The van der Waals surface area contributed by atoms with Crippen molar-refractivity contribution in [3.05, 3.63) is 35.4 Å². The number of aryl methyl sites for hydroxylation is 1. The van der Waals surface area contributed by atoms with Gasteiger partial charge in [-0.05, 0) is 29.9 Å². The minimum atomic E-state index is -1.01. The Morgan fingerprint density at radius 1 is 0.696 bits per heavy atom. The molecule has 0 unspecified atom stereocenters. The SMILES string of the molecule is CC(C)C[C@@H](N)C(=O)COCc1ccc(CCC(=O)CN2CCN(CC(=O)O)CCN(CC(=O)O)CCN(CC(=O)O)CC2)cc1. The van der Waals surface area contributed by atoms with Crippen molar-refractivity contribution >= 4 is 29.5 Å². The van der Waals surface area contributed by atoms with Crippen molar-refractivity contribution in [1.82, 2.24) is 19.6 Å². The smallest absolute Gasteiger partial charge is 0.317 e. The molecule has 14 heteroatoms. The van der Waals surface area contributed by atoms with Crippen LogP contribution in [0.5, 0.6) is 0 Å². The quantitative estimate of drug-likeness (QED) is 0.167. The van der Waals surface area contributed by atoms with Gasteiger partial charge in [-0.2, -0.15) is 0 Å². The van der Waals surface area contributed by atoms with Crippen molar-refractivity contribution in [1.29, 1.82) is 0 Å². The van der Waals surface area contributed by atoms with Gasteiger partial charge in [0.25, 0.3) is 0 Å². The molecule has 258 valence electrons. The summed E-state index contributed by atoms with van der Waals surface area (Å²) in [6.45, 7) is 6.56. The molecule has 0 aromatic heterocycles. The minimum absolute atomic E-state index is 0.0120. The summed E-state index contributed by atoms with van der Waals surface area (Å²) in [6.07, 6.45) is 1.46. The number of carboxylic acid groups (broad SMARTS) is 3. The summed E-state index contributed by atoms with van der Waals surface area (Å²) in [5.41, 5.74) is 7.80. The second-order valence-electron chi connectivity index (χ2n) is 12.3. The molecule has 1 aliphatic heterocycles. The molecule has 14 nitrogen and oxygen atoms in total. The Kier molecular flexibility index (Phi) is 17.6. The third-order valence-electron chi connectivity index (χ3n) is 7.77. The van der Waals surface area contributed by atoms with E-state index in [1.807, 2.05) is 43.0 Å². The monoisotopic (exact) mass is 649 g/mol. The molecule has 46 heavy (non-hydrogen) atoms. The molecule has 0 saturated carbocycles. The number of hydrogen-bond acceptors (Lipinski definition) is 11. The molecular weight excluding hydrogens is 598 g/mol. The van der Waals surface area contributed by atoms with Gasteiger partial charge < -0.3 is 25.8 Å². The van der Waals surface area contributed by atoms with Crippen LogP contribution in [-0.2, 0) is 41.7 Å². The zero-order valence-corrected chi connectivity index (χ0v) is 27.1. The number of carbonyl (C=O) groups excluding carboxylic acids is 2. The van der Waals surface area contributed by atoms with Gasteiger partial charge in [-0.3, -0.25) is 43.6 Å². The second-order valence-corrected chi connectivity index (χ2v) is 12.3. The van der Waals surface area contributed by atoms with Gasteiger partial charge in [0.05, 0.1) is 38.8 Å². The zero-order chi connectivity index (χ0) is 34.1. The standard InChI is InChI=1S/C32H51N5O9/c1-24(2)17-28(33)29(39)23-46-22-26-5-3-25(4-6-26)7-8-27(38)18-34-9-11-35(19-30(40)41)13-15-37(21-32(44)45)16-14-36(12-10-34)20-31(42)43/h3-6,24,28H,7-23,33H2,1-2H3,(H,40,41)(H,42,43)(H,44,45)/t28-/m1/s1. The van der Waals surface area contributed by atoms with E-state index in [1.165, 1.54) is 0 Å². The van der Waals surface area contributed by atoms with Crippen LogP contribution < -0.4 is 5.73 Å². The molecule has 1 aliphatic rings. The fraction of sp³-hybridized carbons (Fsp3) is 0.656. The Labute approximate surface area is 271 Å². The van der Waals surface area contributed by atoms with Gasteiger partial charge in [0.15, 0.2) is 5.78 Å². The van der Waals surface area contributed by atoms with Gasteiger partial charge in [0.2, 0.25) is 0 Å². The van der Waals surface area contributed by atoms with E-state index < -0.39 is 23.9 Å². The lowest BCUT2D eigenvalue weighted by molar-refractivity contribution is -0.140. The maximum atomic E-state index is 13.0. The molecule has 1 aromatic rings. The summed E-state index contributed by atoms with van der Waals surface area (Å²) in [5.74, 6) is -2.78. The Balaban J connectivity index is 1.94. The highest BCUT2D eigenvalue weighted by molar-refractivity contribution is 5.84. The number of aliphatic carboxylic acids is 3. The van der Waals surface area contributed by atoms with E-state index in [4.69, 9.17) is 10.5 Å². The van der Waals surface area contributed by atoms with E-state index in [2.05, 4.69) is 0 Å². The predicted octanol–water partition coefficient (Wildman–Crippen LogP) is 0.123. The van der Waals surface area contributed by atoms with Crippen LogP contribution in [0.1, 0.15) is 37.8 Å². The van der Waals surface area contributed by atoms with E-state index >= 15 is 0 Å². The molecule has 1 fully saturated rings. The van der Waals surface area contributed by atoms with Crippen LogP contribution in [-0.4, -0.2) is 156 Å². The molecule has 1 heterocycles. The molecule has 0 aliphatic carbocycles. The highest BCUT2D eigenvalue weighted by Crippen LogP contribution is 2.10. The van der Waals surface area contributed by atoms with Gasteiger partial charge in [-0.25, -0.2) is 0 Å². The van der Waals surface area contributed by atoms with Crippen molar-refractivity contribution in [2.75, 3.05) is 85.1 Å². The van der Waals surface area contributed by atoms with E-state index in [0.29, 0.717) is 77.5 Å². The van der Waals surface area contributed by atoms with E-state index in [9.17, 15) is 39.3 Å². The molecule has 2 rings (SSSR count). The van der Waals surface area contributed by atoms with Gasteiger partial charge >= 0.3 is 17.9 Å². The maximum absolute atomic E-state index is 13.0. The van der Waals surface area contributed by atoms with Gasteiger partial charge in [0.1, 0.15) is 12.4 Å². The first-order valence-corrected chi connectivity index (χ1v) is 15.8. The molecular formula is C32H51N5O9. The van der Waals surface area contributed by atoms with Crippen molar-refractivity contribution in [3.8, 4) is 0 Å². The lowest BCUT2D eigenvalue weighted by Gasteiger charge is -2.32. The molecule has 1 saturated heterocycles. The number of benzene rings is 1. The van der Waals surface area contributed by atoms with Crippen LogP contribution in [0.4, 0.5) is 0 Å². The first kappa shape index (κ1) is 38.9. The van der Waals surface area contributed by atoms with Crippen LogP contribution in [0, 0.1) is 5.92 Å². The molecule has 1 aromatic carbocycles. The number of carbonyl (C=O) groups is 5. The first-order valence-electron chi connectivity index (χ1n) is 15.8. The fourth-order valence-electron chi connectivity index (χ4n) is 5.22. The number of rotatable bonds is 18. The summed E-state index contributed by atoms with van der Waals surface area (Å²) in [4.78, 5) is 66.5. The number of ketones is 2. The van der Waals surface area contributed by atoms with Crippen LogP contribution in [0.15, 0.2) is 24.3 Å². The number of nitrogens with zero attached hydrogens (tertiary/aromatic N) is 4. The van der Waals surface area contributed by atoms with Crippen LogP contribution in [0.3, 0.4) is 0 Å². The highest BCUT2D eigenvalue weighted by Gasteiger charge is 2.21. The lowest BCUT2D eigenvalue weighted by atomic mass is 10.0. The van der Waals surface area contributed by atoms with E-state index in [-0.39, 0.29) is 51.0 Å². The van der Waals surface area contributed by atoms with Gasteiger partial charge in [0, 0.05) is 58.8 Å². The molecule has 0 amide bonds. The largest absolute Gasteiger partial charge is 0.480 e. The number of hydrogen-bond donors (Lipinski definition) is 4. The van der Waals surface area contributed by atoms with E-state index in [0.717, 1.165) is 11.1 Å². The van der Waals surface area contributed by atoms with Crippen molar-refractivity contribution in [2.24, 2.45) is 11.7 Å². The van der Waals surface area contributed by atoms with Crippen LogP contribution >= 0.6 is 0 Å². The molecule has 0 radical (unpaired) electrons. The second kappa shape index (κ2) is 20.8. The Hall–Kier alpha value is -3.27. The number of nitrogens with two attached hydrogens (primary N) is 1. The summed E-state index contributed by atoms with van der Waals surface area (Å²) < 4.78 is 5.55. The number of Topliss-reactive ketones (excluding diaryl/α,β-unsaturated/α-hetero) is 2. The van der Waals surface area contributed by atoms with Crippen LogP contribution in [0.2, 0.25) is 0 Å². The summed E-state index contributed by atoms with van der Waals surface area (Å²) >= 11 is 0. The molecule has 1 atom stereocenters. The van der Waals surface area contributed by atoms with E-state index in [1.54, 1.807) is 14.7 Å². The zero-order valence-electron chi connectivity index (χ0n) is 27.1. The Bertz CT molecular complexity index is 1100. The fourth-order valence-corrected chi connectivity index (χ4v) is 5.22. The minimum Gasteiger partial charge on any atom is -0.480 e. The highest BCUT2D eigenvalue weighted by atomic mass is 16.5. The van der Waals surface area contributed by atoms with Crippen molar-refractivity contribution in [2.45, 2.75) is 45.8 Å². The summed E-state index contributed by atoms with van der Waals surface area (Å²) in [7, 11) is 0. The molecule has 5 N–H and O–H groups in total.